The molecule has 126 valence electrons. The Bertz CT molecular complexity index is 725. The van der Waals surface area contributed by atoms with Crippen molar-refractivity contribution in [3.05, 3.63) is 102 Å². The predicted molar refractivity (Wildman–Crippen MR) is 101 cm³/mol. The van der Waals surface area contributed by atoms with Crippen molar-refractivity contribution in [2.45, 2.75) is 19.3 Å². The van der Waals surface area contributed by atoms with Crippen molar-refractivity contribution in [3.8, 4) is 0 Å². The Hall–Kier alpha value is -2.49. The fourth-order valence-corrected chi connectivity index (χ4v) is 3.60. The topological polar surface area (TPSA) is 19.4 Å². The SMILES string of the molecule is c1ccc(CN2CCN(Cc3ccccc3)C2c2ccccn2)cc1. The van der Waals surface area contributed by atoms with Crippen LogP contribution in [0.5, 0.6) is 0 Å². The van der Waals surface area contributed by atoms with Crippen molar-refractivity contribution in [2.75, 3.05) is 13.1 Å². The van der Waals surface area contributed by atoms with E-state index in [9.17, 15) is 0 Å². The highest BCUT2D eigenvalue weighted by Crippen LogP contribution is 2.31. The molecular weight excluding hydrogens is 306 g/mol. The van der Waals surface area contributed by atoms with E-state index in [0.29, 0.717) is 0 Å². The monoisotopic (exact) mass is 329 g/mol. The third-order valence-electron chi connectivity index (χ3n) is 4.78. The van der Waals surface area contributed by atoms with Crippen molar-refractivity contribution >= 4 is 0 Å². The third kappa shape index (κ3) is 3.78. The average Bonchev–Trinajstić information content (AvgIpc) is 3.06. The summed E-state index contributed by atoms with van der Waals surface area (Å²) in [6.07, 6.45) is 2.12. The van der Waals surface area contributed by atoms with Gasteiger partial charge >= 0.3 is 0 Å². The summed E-state index contributed by atoms with van der Waals surface area (Å²) in [5.74, 6) is 0. The highest BCUT2D eigenvalue weighted by Gasteiger charge is 2.33. The van der Waals surface area contributed by atoms with Gasteiger partial charge in [-0.05, 0) is 23.3 Å². The van der Waals surface area contributed by atoms with Gasteiger partial charge in [0, 0.05) is 32.4 Å². The van der Waals surface area contributed by atoms with Gasteiger partial charge in [0.1, 0.15) is 6.17 Å². The molecule has 1 aromatic heterocycles. The van der Waals surface area contributed by atoms with Gasteiger partial charge in [0.15, 0.2) is 0 Å². The lowest BCUT2D eigenvalue weighted by molar-refractivity contribution is 0.122. The van der Waals surface area contributed by atoms with Crippen LogP contribution >= 0.6 is 0 Å². The molecule has 3 heteroatoms. The Balaban J connectivity index is 1.59. The molecule has 0 bridgehead atoms. The summed E-state index contributed by atoms with van der Waals surface area (Å²) in [4.78, 5) is 9.72. The van der Waals surface area contributed by atoms with E-state index < -0.39 is 0 Å². The minimum atomic E-state index is 0.224. The molecule has 1 saturated heterocycles. The van der Waals surface area contributed by atoms with E-state index in [1.807, 2.05) is 12.3 Å². The van der Waals surface area contributed by atoms with Crippen LogP contribution in [0, 0.1) is 0 Å². The van der Waals surface area contributed by atoms with E-state index in [4.69, 9.17) is 0 Å². The van der Waals surface area contributed by atoms with Crippen molar-refractivity contribution in [2.24, 2.45) is 0 Å². The first-order chi connectivity index (χ1) is 12.4. The average molecular weight is 329 g/mol. The van der Waals surface area contributed by atoms with Gasteiger partial charge in [-0.25, -0.2) is 0 Å². The number of hydrogen-bond acceptors (Lipinski definition) is 3. The van der Waals surface area contributed by atoms with E-state index in [0.717, 1.165) is 31.9 Å². The Morgan fingerprint density at radius 1 is 0.680 bits per heavy atom. The molecule has 2 aromatic carbocycles. The smallest absolute Gasteiger partial charge is 0.107 e. The summed E-state index contributed by atoms with van der Waals surface area (Å²) in [5, 5.41) is 0. The van der Waals surface area contributed by atoms with Crippen molar-refractivity contribution < 1.29 is 0 Å². The third-order valence-corrected chi connectivity index (χ3v) is 4.78. The van der Waals surface area contributed by atoms with Crippen molar-refractivity contribution in [3.63, 3.8) is 0 Å². The van der Waals surface area contributed by atoms with Crippen LogP contribution in [-0.2, 0) is 13.1 Å². The van der Waals surface area contributed by atoms with Crippen LogP contribution in [0.15, 0.2) is 85.1 Å². The summed E-state index contributed by atoms with van der Waals surface area (Å²) >= 11 is 0. The molecule has 0 N–H and O–H groups in total. The summed E-state index contributed by atoms with van der Waals surface area (Å²) in [5.41, 5.74) is 3.84. The standard InChI is InChI=1S/C22H23N3/c1-3-9-19(10-4-1)17-24-15-16-25(18-20-11-5-2-6-12-20)22(24)21-13-7-8-14-23-21/h1-14,22H,15-18H2. The van der Waals surface area contributed by atoms with E-state index in [1.165, 1.54) is 11.1 Å². The first-order valence-corrected chi connectivity index (χ1v) is 8.87. The first kappa shape index (κ1) is 16.0. The number of benzene rings is 2. The molecule has 4 rings (SSSR count). The van der Waals surface area contributed by atoms with E-state index >= 15 is 0 Å². The highest BCUT2D eigenvalue weighted by molar-refractivity contribution is 5.19. The maximum Gasteiger partial charge on any atom is 0.107 e. The Morgan fingerprint density at radius 2 is 1.20 bits per heavy atom. The lowest BCUT2D eigenvalue weighted by Gasteiger charge is -2.30. The van der Waals surface area contributed by atoms with E-state index in [2.05, 4.69) is 87.6 Å². The van der Waals surface area contributed by atoms with E-state index in [1.54, 1.807) is 0 Å². The molecule has 3 aromatic rings. The molecule has 25 heavy (non-hydrogen) atoms. The molecule has 1 aliphatic heterocycles. The first-order valence-electron chi connectivity index (χ1n) is 8.87. The number of hydrogen-bond donors (Lipinski definition) is 0. The van der Waals surface area contributed by atoms with Gasteiger partial charge in [-0.2, -0.15) is 0 Å². The zero-order valence-corrected chi connectivity index (χ0v) is 14.3. The zero-order valence-electron chi connectivity index (χ0n) is 14.3. The van der Waals surface area contributed by atoms with Crippen LogP contribution < -0.4 is 0 Å². The minimum Gasteiger partial charge on any atom is -0.277 e. The van der Waals surface area contributed by atoms with Crippen molar-refractivity contribution in [1.82, 2.24) is 14.8 Å². The number of aromatic nitrogens is 1. The Morgan fingerprint density at radius 3 is 1.68 bits per heavy atom. The molecule has 0 spiro atoms. The van der Waals surface area contributed by atoms with Gasteiger partial charge in [0.2, 0.25) is 0 Å². The predicted octanol–water partition coefficient (Wildman–Crippen LogP) is 4.10. The van der Waals surface area contributed by atoms with Crippen LogP contribution in [-0.4, -0.2) is 27.9 Å². The van der Waals surface area contributed by atoms with Crippen LogP contribution in [0.25, 0.3) is 0 Å². The van der Waals surface area contributed by atoms with Gasteiger partial charge < -0.3 is 0 Å². The number of nitrogens with zero attached hydrogens (tertiary/aromatic N) is 3. The van der Waals surface area contributed by atoms with Crippen LogP contribution in [0.4, 0.5) is 0 Å². The molecule has 1 aliphatic rings. The Kier molecular flexibility index (Phi) is 4.86. The minimum absolute atomic E-state index is 0.224. The molecule has 0 unspecified atom stereocenters. The maximum atomic E-state index is 4.66. The summed E-state index contributed by atoms with van der Waals surface area (Å²) in [6, 6.07) is 27.6. The van der Waals surface area contributed by atoms with Crippen LogP contribution in [0.3, 0.4) is 0 Å². The molecule has 0 aliphatic carbocycles. The summed E-state index contributed by atoms with van der Waals surface area (Å²) in [7, 11) is 0. The molecule has 1 fully saturated rings. The van der Waals surface area contributed by atoms with Gasteiger partial charge in [0.25, 0.3) is 0 Å². The molecular formula is C22H23N3. The second-order valence-corrected chi connectivity index (χ2v) is 6.54. The fraction of sp³-hybridized carbons (Fsp3) is 0.227. The normalized spacial score (nSPS) is 16.3. The van der Waals surface area contributed by atoms with Crippen molar-refractivity contribution in [1.29, 1.82) is 0 Å². The van der Waals surface area contributed by atoms with Crippen LogP contribution in [0.1, 0.15) is 23.0 Å². The van der Waals surface area contributed by atoms with Gasteiger partial charge in [0.05, 0.1) is 5.69 Å². The second-order valence-electron chi connectivity index (χ2n) is 6.54. The Labute approximate surface area is 149 Å². The molecule has 3 nitrogen and oxygen atoms in total. The molecule has 0 radical (unpaired) electrons. The highest BCUT2D eigenvalue weighted by atomic mass is 15.4. The number of pyridine rings is 1. The summed E-state index contributed by atoms with van der Waals surface area (Å²) in [6.45, 7) is 4.02. The van der Waals surface area contributed by atoms with Crippen LogP contribution in [0.2, 0.25) is 0 Å². The van der Waals surface area contributed by atoms with Gasteiger partial charge in [-0.15, -0.1) is 0 Å². The van der Waals surface area contributed by atoms with Gasteiger partial charge in [-0.3, -0.25) is 14.8 Å². The van der Waals surface area contributed by atoms with E-state index in [-0.39, 0.29) is 6.17 Å². The molecule has 0 amide bonds. The number of rotatable bonds is 5. The summed E-state index contributed by atoms with van der Waals surface area (Å²) < 4.78 is 0. The lowest BCUT2D eigenvalue weighted by atomic mass is 10.1. The lowest BCUT2D eigenvalue weighted by Crippen LogP contribution is -2.31. The molecule has 2 heterocycles. The zero-order chi connectivity index (χ0) is 16.9. The molecule has 0 saturated carbocycles. The quantitative estimate of drug-likeness (QED) is 0.702. The fourth-order valence-electron chi connectivity index (χ4n) is 3.60. The van der Waals surface area contributed by atoms with Gasteiger partial charge in [-0.1, -0.05) is 66.7 Å². The maximum absolute atomic E-state index is 4.66. The second kappa shape index (κ2) is 7.60. The largest absolute Gasteiger partial charge is 0.277 e. The molecule has 0 atom stereocenters.